The molecular formula is C15H18ClN5O2. The third-order valence-electron chi connectivity index (χ3n) is 2.81. The molecular weight excluding hydrogens is 318 g/mol. The van der Waals surface area contributed by atoms with Gasteiger partial charge < -0.3 is 15.8 Å². The predicted octanol–water partition coefficient (Wildman–Crippen LogP) is 2.27. The maximum Gasteiger partial charge on any atom is 0.269 e. The average Bonchev–Trinajstić information content (AvgIpc) is 2.52. The van der Waals surface area contributed by atoms with Crippen LogP contribution in [0.3, 0.4) is 0 Å². The molecule has 0 radical (unpaired) electrons. The van der Waals surface area contributed by atoms with Crippen molar-refractivity contribution in [3.05, 3.63) is 40.7 Å². The lowest BCUT2D eigenvalue weighted by Gasteiger charge is -2.10. The van der Waals surface area contributed by atoms with Crippen LogP contribution in [0.5, 0.6) is 5.88 Å². The van der Waals surface area contributed by atoms with Crippen LogP contribution in [0.4, 0.5) is 5.82 Å². The molecule has 122 valence electrons. The van der Waals surface area contributed by atoms with Gasteiger partial charge in [0.25, 0.3) is 5.91 Å². The Morgan fingerprint density at radius 1 is 1.39 bits per heavy atom. The molecule has 0 aliphatic heterocycles. The topological polar surface area (TPSA) is 103 Å². The SMILES string of the molecule is CC(C)COc1ncc(CNc2ccc(C(N)=O)nn2)cc1Cl. The van der Waals surface area contributed by atoms with E-state index in [1.165, 1.54) is 6.07 Å². The number of nitrogens with two attached hydrogens (primary N) is 1. The molecule has 0 saturated carbocycles. The Hall–Kier alpha value is -2.41. The van der Waals surface area contributed by atoms with E-state index >= 15 is 0 Å². The molecule has 0 unspecified atom stereocenters. The van der Waals surface area contributed by atoms with Gasteiger partial charge in [-0.3, -0.25) is 4.79 Å². The first-order chi connectivity index (χ1) is 11.0. The van der Waals surface area contributed by atoms with Crippen LogP contribution >= 0.6 is 11.6 Å². The summed E-state index contributed by atoms with van der Waals surface area (Å²) in [6.07, 6.45) is 1.68. The second-order valence-electron chi connectivity index (χ2n) is 5.36. The van der Waals surface area contributed by atoms with Crippen LogP contribution in [-0.2, 0) is 6.54 Å². The first-order valence-electron chi connectivity index (χ1n) is 7.10. The number of amides is 1. The van der Waals surface area contributed by atoms with Gasteiger partial charge in [0, 0.05) is 12.7 Å². The monoisotopic (exact) mass is 335 g/mol. The summed E-state index contributed by atoms with van der Waals surface area (Å²) in [5.41, 5.74) is 6.09. The molecule has 1 amide bonds. The summed E-state index contributed by atoms with van der Waals surface area (Å²) < 4.78 is 5.52. The maximum absolute atomic E-state index is 10.9. The molecule has 2 aromatic heterocycles. The summed E-state index contributed by atoms with van der Waals surface area (Å²) in [5, 5.41) is 11.1. The number of anilines is 1. The van der Waals surface area contributed by atoms with E-state index < -0.39 is 5.91 Å². The van der Waals surface area contributed by atoms with Crippen LogP contribution in [-0.4, -0.2) is 27.7 Å². The number of hydrogen-bond acceptors (Lipinski definition) is 6. The Bertz CT molecular complexity index is 676. The molecule has 0 fully saturated rings. The number of hydrogen-bond donors (Lipinski definition) is 2. The minimum Gasteiger partial charge on any atom is -0.476 e. The minimum atomic E-state index is -0.614. The summed E-state index contributed by atoms with van der Waals surface area (Å²) in [5.74, 6) is 0.731. The molecule has 3 N–H and O–H groups in total. The van der Waals surface area contributed by atoms with Crippen molar-refractivity contribution in [3.8, 4) is 5.88 Å². The van der Waals surface area contributed by atoms with Crippen molar-refractivity contribution in [2.75, 3.05) is 11.9 Å². The lowest BCUT2D eigenvalue weighted by Crippen LogP contribution is -2.14. The van der Waals surface area contributed by atoms with Crippen molar-refractivity contribution in [2.24, 2.45) is 11.7 Å². The number of rotatable bonds is 7. The van der Waals surface area contributed by atoms with E-state index in [1.54, 1.807) is 18.3 Å². The number of carbonyl (C=O) groups excluding carboxylic acids is 1. The number of pyridine rings is 1. The van der Waals surface area contributed by atoms with Crippen LogP contribution in [0, 0.1) is 5.92 Å². The van der Waals surface area contributed by atoms with Gasteiger partial charge in [0.1, 0.15) is 10.8 Å². The van der Waals surface area contributed by atoms with E-state index in [4.69, 9.17) is 22.1 Å². The highest BCUT2D eigenvalue weighted by molar-refractivity contribution is 6.31. The fraction of sp³-hybridized carbons (Fsp3) is 0.333. The highest BCUT2D eigenvalue weighted by atomic mass is 35.5. The van der Waals surface area contributed by atoms with Gasteiger partial charge in [0.2, 0.25) is 5.88 Å². The lowest BCUT2D eigenvalue weighted by molar-refractivity contribution is 0.0994. The zero-order chi connectivity index (χ0) is 16.8. The van der Waals surface area contributed by atoms with Crippen molar-refractivity contribution < 1.29 is 9.53 Å². The number of nitrogens with one attached hydrogen (secondary N) is 1. The van der Waals surface area contributed by atoms with Gasteiger partial charge in [0.05, 0.1) is 6.61 Å². The van der Waals surface area contributed by atoms with Crippen LogP contribution in [0.2, 0.25) is 5.02 Å². The Morgan fingerprint density at radius 2 is 2.17 bits per heavy atom. The zero-order valence-corrected chi connectivity index (χ0v) is 13.7. The second kappa shape index (κ2) is 7.73. The molecule has 0 spiro atoms. The summed E-state index contributed by atoms with van der Waals surface area (Å²) >= 11 is 6.16. The van der Waals surface area contributed by atoms with Gasteiger partial charge >= 0.3 is 0 Å². The summed E-state index contributed by atoms with van der Waals surface area (Å²) in [4.78, 5) is 15.1. The van der Waals surface area contributed by atoms with Crippen LogP contribution in [0.1, 0.15) is 29.9 Å². The lowest BCUT2D eigenvalue weighted by atomic mass is 10.2. The summed E-state index contributed by atoms with van der Waals surface area (Å²) in [7, 11) is 0. The molecule has 8 heteroatoms. The number of primary amides is 1. The first kappa shape index (κ1) is 17.0. The highest BCUT2D eigenvalue weighted by Crippen LogP contribution is 2.23. The minimum absolute atomic E-state index is 0.118. The molecule has 0 atom stereocenters. The molecule has 0 aliphatic rings. The van der Waals surface area contributed by atoms with Crippen LogP contribution in [0.25, 0.3) is 0 Å². The van der Waals surface area contributed by atoms with Gasteiger partial charge in [-0.25, -0.2) is 4.98 Å². The van der Waals surface area contributed by atoms with E-state index in [0.717, 1.165) is 5.56 Å². The van der Waals surface area contributed by atoms with E-state index in [9.17, 15) is 4.79 Å². The number of aromatic nitrogens is 3. The number of ether oxygens (including phenoxy) is 1. The Balaban J connectivity index is 1.95. The van der Waals surface area contributed by atoms with E-state index in [2.05, 4.69) is 34.3 Å². The molecule has 0 aromatic carbocycles. The van der Waals surface area contributed by atoms with Crippen LogP contribution in [0.15, 0.2) is 24.4 Å². The largest absolute Gasteiger partial charge is 0.476 e. The smallest absolute Gasteiger partial charge is 0.269 e. The number of halogens is 1. The third kappa shape index (κ3) is 5.07. The molecule has 23 heavy (non-hydrogen) atoms. The Labute approximate surface area is 139 Å². The molecule has 7 nitrogen and oxygen atoms in total. The van der Waals surface area contributed by atoms with Crippen molar-refractivity contribution >= 4 is 23.3 Å². The van der Waals surface area contributed by atoms with Gasteiger partial charge in [-0.2, -0.15) is 0 Å². The quantitative estimate of drug-likeness (QED) is 0.804. The normalized spacial score (nSPS) is 10.6. The van der Waals surface area contributed by atoms with Crippen LogP contribution < -0.4 is 15.8 Å². The van der Waals surface area contributed by atoms with E-state index in [-0.39, 0.29) is 5.69 Å². The third-order valence-corrected chi connectivity index (χ3v) is 3.08. The van der Waals surface area contributed by atoms with Crippen molar-refractivity contribution in [3.63, 3.8) is 0 Å². The van der Waals surface area contributed by atoms with Gasteiger partial charge in [-0.1, -0.05) is 25.4 Å². The van der Waals surface area contributed by atoms with E-state index in [1.807, 2.05) is 0 Å². The predicted molar refractivity (Wildman–Crippen MR) is 87.5 cm³/mol. The Kier molecular flexibility index (Phi) is 5.70. The average molecular weight is 336 g/mol. The number of carbonyl (C=O) groups is 1. The maximum atomic E-state index is 10.9. The fourth-order valence-electron chi connectivity index (χ4n) is 1.66. The van der Waals surface area contributed by atoms with Gasteiger partial charge in [0.15, 0.2) is 5.69 Å². The zero-order valence-electron chi connectivity index (χ0n) is 12.9. The second-order valence-corrected chi connectivity index (χ2v) is 5.76. The van der Waals surface area contributed by atoms with E-state index in [0.29, 0.717) is 35.8 Å². The number of nitrogens with zero attached hydrogens (tertiary/aromatic N) is 3. The summed E-state index contributed by atoms with van der Waals surface area (Å²) in [6.45, 7) is 5.13. The van der Waals surface area contributed by atoms with Gasteiger partial charge in [-0.05, 0) is 29.7 Å². The molecule has 0 bridgehead atoms. The molecule has 2 aromatic rings. The highest BCUT2D eigenvalue weighted by Gasteiger charge is 2.07. The Morgan fingerprint density at radius 3 is 2.74 bits per heavy atom. The van der Waals surface area contributed by atoms with Gasteiger partial charge in [-0.15, -0.1) is 10.2 Å². The molecule has 2 rings (SSSR count). The molecule has 0 saturated heterocycles. The standard InChI is InChI=1S/C15H18ClN5O2/c1-9(2)8-23-15-11(16)5-10(7-19-15)6-18-13-4-3-12(14(17)22)20-21-13/h3-5,7,9H,6,8H2,1-2H3,(H2,17,22)(H,18,21). The fourth-order valence-corrected chi connectivity index (χ4v) is 1.91. The molecule has 0 aliphatic carbocycles. The first-order valence-corrected chi connectivity index (χ1v) is 7.48. The van der Waals surface area contributed by atoms with Crippen molar-refractivity contribution in [2.45, 2.75) is 20.4 Å². The molecule has 2 heterocycles. The van der Waals surface area contributed by atoms with Crippen molar-refractivity contribution in [1.29, 1.82) is 0 Å². The summed E-state index contributed by atoms with van der Waals surface area (Å²) in [6, 6.07) is 4.91. The van der Waals surface area contributed by atoms with Crippen molar-refractivity contribution in [1.82, 2.24) is 15.2 Å².